The molecule has 0 aliphatic rings. The summed E-state index contributed by atoms with van der Waals surface area (Å²) in [7, 11) is 1.93. The van der Waals surface area contributed by atoms with Crippen molar-refractivity contribution in [3.05, 3.63) is 47.9 Å². The fourth-order valence-corrected chi connectivity index (χ4v) is 2.09. The highest BCUT2D eigenvalue weighted by Gasteiger charge is 2.13. The molecule has 0 aliphatic carbocycles. The van der Waals surface area contributed by atoms with Crippen molar-refractivity contribution in [2.45, 2.75) is 26.7 Å². The third-order valence-electron chi connectivity index (χ3n) is 3.36. The fourth-order valence-electron chi connectivity index (χ4n) is 2.09. The third-order valence-corrected chi connectivity index (χ3v) is 3.36. The van der Waals surface area contributed by atoms with Gasteiger partial charge in [0.05, 0.1) is 0 Å². The zero-order valence-electron chi connectivity index (χ0n) is 13.3. The van der Waals surface area contributed by atoms with Crippen molar-refractivity contribution in [3.8, 4) is 0 Å². The molecule has 116 valence electrons. The van der Waals surface area contributed by atoms with Gasteiger partial charge in [-0.25, -0.2) is 9.97 Å². The van der Waals surface area contributed by atoms with E-state index in [4.69, 9.17) is 0 Å². The monoisotopic (exact) mass is 298 g/mol. The van der Waals surface area contributed by atoms with Gasteiger partial charge in [0.2, 0.25) is 0 Å². The Kier molecular flexibility index (Phi) is 5.47. The van der Waals surface area contributed by atoms with Crippen molar-refractivity contribution in [2.24, 2.45) is 0 Å². The average Bonchev–Trinajstić information content (AvgIpc) is 2.54. The van der Waals surface area contributed by atoms with Crippen LogP contribution in [0.1, 0.15) is 36.1 Å². The summed E-state index contributed by atoms with van der Waals surface area (Å²) in [6, 6.07) is 11.6. The van der Waals surface area contributed by atoms with Crippen molar-refractivity contribution in [1.82, 2.24) is 15.3 Å². The van der Waals surface area contributed by atoms with Crippen LogP contribution >= 0.6 is 0 Å². The molecule has 1 N–H and O–H groups in total. The van der Waals surface area contributed by atoms with E-state index in [-0.39, 0.29) is 5.91 Å². The predicted molar refractivity (Wildman–Crippen MR) is 88.5 cm³/mol. The maximum absolute atomic E-state index is 12.2. The summed E-state index contributed by atoms with van der Waals surface area (Å²) in [5.74, 6) is 1.14. The number of benzene rings is 1. The molecule has 1 aromatic heterocycles. The van der Waals surface area contributed by atoms with Gasteiger partial charge in [0.1, 0.15) is 17.3 Å². The highest BCUT2D eigenvalue weighted by molar-refractivity contribution is 5.93. The van der Waals surface area contributed by atoms with E-state index < -0.39 is 0 Å². The second-order valence-corrected chi connectivity index (χ2v) is 5.16. The maximum atomic E-state index is 12.2. The van der Waals surface area contributed by atoms with E-state index in [1.807, 2.05) is 42.3 Å². The van der Waals surface area contributed by atoms with Gasteiger partial charge in [-0.1, -0.05) is 31.5 Å². The number of hydrogen-bond donors (Lipinski definition) is 1. The summed E-state index contributed by atoms with van der Waals surface area (Å²) in [5.41, 5.74) is 1.42. The molecule has 0 saturated carbocycles. The molecule has 0 atom stereocenters. The van der Waals surface area contributed by atoms with Crippen LogP contribution in [0.25, 0.3) is 0 Å². The minimum atomic E-state index is -0.151. The van der Waals surface area contributed by atoms with Crippen molar-refractivity contribution in [1.29, 1.82) is 0 Å². The van der Waals surface area contributed by atoms with E-state index in [0.717, 1.165) is 18.5 Å². The molecule has 0 fully saturated rings. The molecule has 22 heavy (non-hydrogen) atoms. The van der Waals surface area contributed by atoms with Crippen LogP contribution in [-0.2, 0) is 0 Å². The number of unbranched alkanes of at least 4 members (excludes halogenated alkanes) is 1. The molecule has 2 aromatic rings. The van der Waals surface area contributed by atoms with Crippen molar-refractivity contribution in [3.63, 3.8) is 0 Å². The lowest BCUT2D eigenvalue weighted by atomic mass is 10.2. The quantitative estimate of drug-likeness (QED) is 0.833. The van der Waals surface area contributed by atoms with Gasteiger partial charge in [-0.05, 0) is 25.5 Å². The first-order valence-corrected chi connectivity index (χ1v) is 7.54. The van der Waals surface area contributed by atoms with Gasteiger partial charge in [0, 0.05) is 25.3 Å². The minimum Gasteiger partial charge on any atom is -0.351 e. The van der Waals surface area contributed by atoms with Gasteiger partial charge in [0.25, 0.3) is 5.91 Å². The first-order valence-electron chi connectivity index (χ1n) is 7.54. The molecule has 5 nitrogen and oxygen atoms in total. The topological polar surface area (TPSA) is 58.1 Å². The van der Waals surface area contributed by atoms with Gasteiger partial charge in [0.15, 0.2) is 0 Å². The number of anilines is 2. The summed E-state index contributed by atoms with van der Waals surface area (Å²) in [6.45, 7) is 4.56. The SMILES string of the molecule is CCCCNC(=O)c1cc(N(C)c2ccccc2)nc(C)n1. The van der Waals surface area contributed by atoms with Crippen LogP contribution in [0.3, 0.4) is 0 Å². The molecular weight excluding hydrogens is 276 g/mol. The van der Waals surface area contributed by atoms with Gasteiger partial charge in [-0.15, -0.1) is 0 Å². The molecule has 0 radical (unpaired) electrons. The number of carbonyl (C=O) groups is 1. The van der Waals surface area contributed by atoms with Crippen LogP contribution in [-0.4, -0.2) is 29.5 Å². The number of hydrogen-bond acceptors (Lipinski definition) is 4. The number of nitrogens with one attached hydrogen (secondary N) is 1. The molecule has 5 heteroatoms. The molecular formula is C17H22N4O. The second-order valence-electron chi connectivity index (χ2n) is 5.16. The number of nitrogens with zero attached hydrogens (tertiary/aromatic N) is 3. The first-order chi connectivity index (χ1) is 10.6. The van der Waals surface area contributed by atoms with E-state index in [1.54, 1.807) is 13.0 Å². The third kappa shape index (κ3) is 4.04. The number of rotatable bonds is 6. The Labute approximate surface area is 131 Å². The largest absolute Gasteiger partial charge is 0.351 e. The van der Waals surface area contributed by atoms with Crippen LogP contribution in [0.4, 0.5) is 11.5 Å². The molecule has 1 amide bonds. The van der Waals surface area contributed by atoms with Crippen LogP contribution in [0.2, 0.25) is 0 Å². The van der Waals surface area contributed by atoms with E-state index in [1.165, 1.54) is 0 Å². The van der Waals surface area contributed by atoms with E-state index in [0.29, 0.717) is 23.9 Å². The molecule has 0 spiro atoms. The van der Waals surface area contributed by atoms with Crippen LogP contribution in [0.15, 0.2) is 36.4 Å². The normalized spacial score (nSPS) is 10.3. The number of aryl methyl sites for hydroxylation is 1. The summed E-state index contributed by atoms with van der Waals surface area (Å²) in [4.78, 5) is 22.8. The predicted octanol–water partition coefficient (Wildman–Crippen LogP) is 3.08. The molecule has 1 aromatic carbocycles. The lowest BCUT2D eigenvalue weighted by Gasteiger charge is -2.19. The second kappa shape index (κ2) is 7.54. The molecule has 0 unspecified atom stereocenters. The van der Waals surface area contributed by atoms with Gasteiger partial charge in [-0.3, -0.25) is 4.79 Å². The van der Waals surface area contributed by atoms with Crippen LogP contribution in [0.5, 0.6) is 0 Å². The molecule has 2 rings (SSSR count). The average molecular weight is 298 g/mol. The van der Waals surface area contributed by atoms with Gasteiger partial charge >= 0.3 is 0 Å². The van der Waals surface area contributed by atoms with Crippen molar-refractivity contribution < 1.29 is 4.79 Å². The number of carbonyl (C=O) groups excluding carboxylic acids is 1. The standard InChI is InChI=1S/C17H22N4O/c1-4-5-11-18-17(22)15-12-16(20-13(2)19-15)21(3)14-9-7-6-8-10-14/h6-10,12H,4-5,11H2,1-3H3,(H,18,22). The summed E-state index contributed by atoms with van der Waals surface area (Å²) in [6.07, 6.45) is 2.01. The first kappa shape index (κ1) is 15.9. The Morgan fingerprint density at radius 1 is 1.23 bits per heavy atom. The molecule has 0 bridgehead atoms. The summed E-state index contributed by atoms with van der Waals surface area (Å²) in [5, 5.41) is 2.89. The van der Waals surface area contributed by atoms with E-state index in [2.05, 4.69) is 22.2 Å². The van der Waals surface area contributed by atoms with Crippen LogP contribution in [0, 0.1) is 6.92 Å². The summed E-state index contributed by atoms with van der Waals surface area (Å²) >= 11 is 0. The minimum absolute atomic E-state index is 0.151. The summed E-state index contributed by atoms with van der Waals surface area (Å²) < 4.78 is 0. The zero-order chi connectivity index (χ0) is 15.9. The molecule has 1 heterocycles. The van der Waals surface area contributed by atoms with E-state index in [9.17, 15) is 4.79 Å². The Bertz CT molecular complexity index is 628. The number of para-hydroxylation sites is 1. The Morgan fingerprint density at radius 2 is 1.95 bits per heavy atom. The van der Waals surface area contributed by atoms with Gasteiger partial charge in [-0.2, -0.15) is 0 Å². The Morgan fingerprint density at radius 3 is 2.64 bits per heavy atom. The highest BCUT2D eigenvalue weighted by Crippen LogP contribution is 2.21. The fraction of sp³-hybridized carbons (Fsp3) is 0.353. The maximum Gasteiger partial charge on any atom is 0.270 e. The van der Waals surface area contributed by atoms with Crippen LogP contribution < -0.4 is 10.2 Å². The lowest BCUT2D eigenvalue weighted by Crippen LogP contribution is -2.26. The molecule has 0 aliphatic heterocycles. The molecule has 0 saturated heterocycles. The number of amides is 1. The smallest absolute Gasteiger partial charge is 0.270 e. The van der Waals surface area contributed by atoms with Crippen molar-refractivity contribution >= 4 is 17.4 Å². The van der Waals surface area contributed by atoms with E-state index >= 15 is 0 Å². The zero-order valence-corrected chi connectivity index (χ0v) is 13.3. The lowest BCUT2D eigenvalue weighted by molar-refractivity contribution is 0.0948. The van der Waals surface area contributed by atoms with Gasteiger partial charge < -0.3 is 10.2 Å². The Balaban J connectivity index is 2.21. The van der Waals surface area contributed by atoms with Crippen molar-refractivity contribution in [2.75, 3.05) is 18.5 Å². The number of aromatic nitrogens is 2. The highest BCUT2D eigenvalue weighted by atomic mass is 16.1. The Hall–Kier alpha value is -2.43.